The van der Waals surface area contributed by atoms with E-state index in [1.54, 1.807) is 30.3 Å². The van der Waals surface area contributed by atoms with Gasteiger partial charge in [0.25, 0.3) is 0 Å². The molecular weight excluding hydrogens is 374 g/mol. The maximum atomic E-state index is 13.1. The van der Waals surface area contributed by atoms with E-state index in [1.165, 1.54) is 6.42 Å². The van der Waals surface area contributed by atoms with Gasteiger partial charge < -0.3 is 4.90 Å². The van der Waals surface area contributed by atoms with Crippen molar-refractivity contribution in [2.45, 2.75) is 81.9 Å². The molecule has 3 atom stereocenters. The van der Waals surface area contributed by atoms with Gasteiger partial charge in [0, 0.05) is 31.2 Å². The Balaban J connectivity index is 1.55. The third-order valence-electron chi connectivity index (χ3n) is 6.26. The van der Waals surface area contributed by atoms with Gasteiger partial charge in [-0.05, 0) is 65.0 Å². The lowest BCUT2D eigenvalue weighted by Crippen LogP contribution is -2.56. The number of nitrogens with zero attached hydrogens (tertiary/aromatic N) is 2. The number of benzene rings is 1. The molecule has 7 heteroatoms. The van der Waals surface area contributed by atoms with E-state index in [2.05, 4.69) is 28.4 Å². The number of carbonyl (C=O) groups excluding carboxylic acids is 1. The predicted molar refractivity (Wildman–Crippen MR) is 110 cm³/mol. The Morgan fingerprint density at radius 3 is 2.18 bits per heavy atom. The number of amides is 1. The number of piperidine rings is 2. The maximum Gasteiger partial charge on any atom is 0.240 e. The molecular formula is C21H33N3O3S. The zero-order chi connectivity index (χ0) is 20.3. The molecule has 0 aliphatic carbocycles. The zero-order valence-corrected chi connectivity index (χ0v) is 18.0. The molecule has 0 bridgehead atoms. The average molecular weight is 408 g/mol. The van der Waals surface area contributed by atoms with Crippen molar-refractivity contribution >= 4 is 15.9 Å². The second-order valence-electron chi connectivity index (χ2n) is 8.30. The Hall–Kier alpha value is -1.44. The largest absolute Gasteiger partial charge is 0.336 e. The minimum absolute atomic E-state index is 0.0865. The first-order valence-electron chi connectivity index (χ1n) is 10.4. The molecule has 2 saturated heterocycles. The standard InChI is InChI=1S/C21H33N3O3S/c1-16-8-7-9-17(2)24(16)21(25)18(3)23-14-12-19(13-15-23)22-28(26,27)20-10-5-4-6-11-20/h4-6,10-11,16-19,22H,7-9,12-15H2,1-3H3/t16-,17+,18-/m0/s1. The van der Waals surface area contributed by atoms with E-state index in [1.807, 2.05) is 6.92 Å². The van der Waals surface area contributed by atoms with E-state index in [0.29, 0.717) is 17.0 Å². The van der Waals surface area contributed by atoms with Crippen LogP contribution in [0.2, 0.25) is 0 Å². The van der Waals surface area contributed by atoms with Gasteiger partial charge in [0.15, 0.2) is 0 Å². The van der Waals surface area contributed by atoms with Crippen LogP contribution in [0.25, 0.3) is 0 Å². The molecule has 1 amide bonds. The van der Waals surface area contributed by atoms with E-state index in [4.69, 9.17) is 0 Å². The minimum atomic E-state index is -3.49. The molecule has 0 aromatic heterocycles. The van der Waals surface area contributed by atoms with E-state index < -0.39 is 10.0 Å². The summed E-state index contributed by atoms with van der Waals surface area (Å²) < 4.78 is 27.9. The van der Waals surface area contributed by atoms with Gasteiger partial charge in [0.05, 0.1) is 10.9 Å². The van der Waals surface area contributed by atoms with Crippen LogP contribution in [-0.2, 0) is 14.8 Å². The highest BCUT2D eigenvalue weighted by Crippen LogP contribution is 2.25. The average Bonchev–Trinajstić information content (AvgIpc) is 2.68. The van der Waals surface area contributed by atoms with Gasteiger partial charge in [-0.1, -0.05) is 18.2 Å². The Morgan fingerprint density at radius 2 is 1.61 bits per heavy atom. The molecule has 0 saturated carbocycles. The minimum Gasteiger partial charge on any atom is -0.336 e. The fourth-order valence-corrected chi connectivity index (χ4v) is 5.85. The molecule has 0 spiro atoms. The van der Waals surface area contributed by atoms with Crippen molar-refractivity contribution < 1.29 is 13.2 Å². The zero-order valence-electron chi connectivity index (χ0n) is 17.2. The van der Waals surface area contributed by atoms with Crippen LogP contribution in [0, 0.1) is 0 Å². The summed E-state index contributed by atoms with van der Waals surface area (Å²) in [5.41, 5.74) is 0. The first-order chi connectivity index (χ1) is 13.3. The van der Waals surface area contributed by atoms with Gasteiger partial charge >= 0.3 is 0 Å². The molecule has 156 valence electrons. The predicted octanol–water partition coefficient (Wildman–Crippen LogP) is 2.61. The molecule has 1 aromatic carbocycles. The van der Waals surface area contributed by atoms with Crippen molar-refractivity contribution in [1.29, 1.82) is 0 Å². The van der Waals surface area contributed by atoms with Crippen molar-refractivity contribution in [3.8, 4) is 0 Å². The topological polar surface area (TPSA) is 69.7 Å². The summed E-state index contributed by atoms with van der Waals surface area (Å²) in [7, 11) is -3.49. The van der Waals surface area contributed by atoms with Gasteiger partial charge in [-0.15, -0.1) is 0 Å². The molecule has 2 fully saturated rings. The van der Waals surface area contributed by atoms with E-state index in [9.17, 15) is 13.2 Å². The lowest BCUT2D eigenvalue weighted by atomic mass is 9.96. The molecule has 2 heterocycles. The first-order valence-corrected chi connectivity index (χ1v) is 11.9. The Bertz CT molecular complexity index is 750. The highest BCUT2D eigenvalue weighted by atomic mass is 32.2. The van der Waals surface area contributed by atoms with E-state index in [-0.39, 0.29) is 18.0 Å². The van der Waals surface area contributed by atoms with E-state index in [0.717, 1.165) is 38.8 Å². The maximum absolute atomic E-state index is 13.1. The summed E-state index contributed by atoms with van der Waals surface area (Å²) in [6.07, 6.45) is 4.77. The second kappa shape index (κ2) is 8.93. The molecule has 3 rings (SSSR count). The van der Waals surface area contributed by atoms with Crippen LogP contribution in [0.1, 0.15) is 52.9 Å². The summed E-state index contributed by atoms with van der Waals surface area (Å²) >= 11 is 0. The van der Waals surface area contributed by atoms with Gasteiger partial charge in [-0.3, -0.25) is 9.69 Å². The van der Waals surface area contributed by atoms with Crippen LogP contribution in [0.4, 0.5) is 0 Å². The molecule has 2 aliphatic rings. The molecule has 0 radical (unpaired) electrons. The normalized spacial score (nSPS) is 26.2. The molecule has 0 unspecified atom stereocenters. The third-order valence-corrected chi connectivity index (χ3v) is 7.79. The lowest BCUT2D eigenvalue weighted by molar-refractivity contribution is -0.143. The molecule has 28 heavy (non-hydrogen) atoms. The smallest absolute Gasteiger partial charge is 0.240 e. The van der Waals surface area contributed by atoms with Crippen molar-refractivity contribution in [2.24, 2.45) is 0 Å². The van der Waals surface area contributed by atoms with Crippen LogP contribution in [0.5, 0.6) is 0 Å². The third kappa shape index (κ3) is 4.75. The summed E-state index contributed by atoms with van der Waals surface area (Å²) in [6, 6.07) is 8.84. The summed E-state index contributed by atoms with van der Waals surface area (Å²) in [6.45, 7) is 7.73. The van der Waals surface area contributed by atoms with Crippen LogP contribution in [0.3, 0.4) is 0 Å². The fraction of sp³-hybridized carbons (Fsp3) is 0.667. The number of rotatable bonds is 5. The summed E-state index contributed by atoms with van der Waals surface area (Å²) in [5.74, 6) is 0.211. The van der Waals surface area contributed by atoms with Gasteiger partial charge in [0.1, 0.15) is 0 Å². The van der Waals surface area contributed by atoms with E-state index >= 15 is 0 Å². The van der Waals surface area contributed by atoms with Crippen molar-refractivity contribution in [3.63, 3.8) is 0 Å². The van der Waals surface area contributed by atoms with Crippen molar-refractivity contribution in [3.05, 3.63) is 30.3 Å². The number of nitrogens with one attached hydrogen (secondary N) is 1. The summed E-state index contributed by atoms with van der Waals surface area (Å²) in [4.78, 5) is 17.7. The lowest BCUT2D eigenvalue weighted by Gasteiger charge is -2.43. The quantitative estimate of drug-likeness (QED) is 0.815. The molecule has 1 aromatic rings. The molecule has 1 N–H and O–H groups in total. The van der Waals surface area contributed by atoms with Crippen molar-refractivity contribution in [1.82, 2.24) is 14.5 Å². The highest BCUT2D eigenvalue weighted by Gasteiger charge is 2.35. The van der Waals surface area contributed by atoms with Crippen LogP contribution >= 0.6 is 0 Å². The highest BCUT2D eigenvalue weighted by molar-refractivity contribution is 7.89. The number of sulfonamides is 1. The number of hydrogen-bond acceptors (Lipinski definition) is 4. The Labute approximate surface area is 169 Å². The number of hydrogen-bond donors (Lipinski definition) is 1. The molecule has 2 aliphatic heterocycles. The second-order valence-corrected chi connectivity index (χ2v) is 10.0. The fourth-order valence-electron chi connectivity index (χ4n) is 4.52. The first kappa shape index (κ1) is 21.3. The summed E-state index contributed by atoms with van der Waals surface area (Å²) in [5, 5.41) is 0. The van der Waals surface area contributed by atoms with Gasteiger partial charge in [-0.25, -0.2) is 13.1 Å². The van der Waals surface area contributed by atoms with Crippen LogP contribution in [0.15, 0.2) is 35.2 Å². The number of likely N-dealkylation sites (tertiary alicyclic amines) is 2. The van der Waals surface area contributed by atoms with Crippen LogP contribution in [-0.4, -0.2) is 61.4 Å². The van der Waals surface area contributed by atoms with Gasteiger partial charge in [0.2, 0.25) is 15.9 Å². The van der Waals surface area contributed by atoms with Gasteiger partial charge in [-0.2, -0.15) is 0 Å². The van der Waals surface area contributed by atoms with Crippen molar-refractivity contribution in [2.75, 3.05) is 13.1 Å². The number of carbonyl (C=O) groups is 1. The SMILES string of the molecule is C[C@@H]1CCC[C@H](C)N1C(=O)[C@H](C)N1CCC(NS(=O)(=O)c2ccccc2)CC1. The Morgan fingerprint density at radius 1 is 1.04 bits per heavy atom. The molecule has 6 nitrogen and oxygen atoms in total. The van der Waals surface area contributed by atoms with Crippen LogP contribution < -0.4 is 4.72 Å². The monoisotopic (exact) mass is 407 g/mol. The Kier molecular flexibility index (Phi) is 6.78.